The predicted molar refractivity (Wildman–Crippen MR) is 83.1 cm³/mol. The molecule has 0 amide bonds. The summed E-state index contributed by atoms with van der Waals surface area (Å²) in [6.07, 6.45) is -2.06. The Bertz CT molecular complexity index is 649. The summed E-state index contributed by atoms with van der Waals surface area (Å²) in [6, 6.07) is 9.66. The first-order chi connectivity index (χ1) is 10.1. The molecule has 0 aliphatic heterocycles. The summed E-state index contributed by atoms with van der Waals surface area (Å²) in [5.41, 5.74) is 1.78. The molecule has 0 atom stereocenters. The van der Waals surface area contributed by atoms with Crippen molar-refractivity contribution in [1.29, 1.82) is 0 Å². The van der Waals surface area contributed by atoms with Crippen molar-refractivity contribution in [2.75, 3.05) is 13.2 Å². The third-order valence-corrected chi connectivity index (χ3v) is 4.03. The van der Waals surface area contributed by atoms with Crippen LogP contribution in [0.3, 0.4) is 0 Å². The Kier molecular flexibility index (Phi) is 5.96. The first-order valence-corrected chi connectivity index (χ1v) is 7.48. The number of benzene rings is 1. The molecule has 0 bridgehead atoms. The smallest absolute Gasteiger partial charge is 0.261 e. The molecule has 1 N–H and O–H groups in total. The first kappa shape index (κ1) is 16.2. The molecule has 0 radical (unpaired) electrons. The molecular formula is C14H13BrF2N2OS. The standard InChI is InChI=1S/C14H13BrF2N2OS/c15-12-13(9-4-2-1-3-5-9)18-11(19-14(12)21)6-7-20-8-10(16)17/h1-5,10H,6-8H2,(H,18,19,21). The third-order valence-electron chi connectivity index (χ3n) is 2.70. The van der Waals surface area contributed by atoms with Crippen molar-refractivity contribution in [3.63, 3.8) is 0 Å². The molecule has 2 rings (SSSR count). The van der Waals surface area contributed by atoms with Crippen LogP contribution in [0.15, 0.2) is 34.8 Å². The van der Waals surface area contributed by atoms with Gasteiger partial charge in [-0.15, -0.1) is 0 Å². The third kappa shape index (κ3) is 4.66. The van der Waals surface area contributed by atoms with E-state index in [9.17, 15) is 8.78 Å². The molecule has 1 aromatic carbocycles. The monoisotopic (exact) mass is 374 g/mol. The van der Waals surface area contributed by atoms with Crippen LogP contribution in [-0.2, 0) is 11.2 Å². The van der Waals surface area contributed by atoms with E-state index >= 15 is 0 Å². The van der Waals surface area contributed by atoms with E-state index in [0.717, 1.165) is 11.3 Å². The molecule has 0 aliphatic carbocycles. The van der Waals surface area contributed by atoms with Gasteiger partial charge in [0, 0.05) is 6.42 Å². The minimum atomic E-state index is -2.46. The minimum absolute atomic E-state index is 0.165. The Balaban J connectivity index is 2.17. The fourth-order valence-corrected chi connectivity index (χ4v) is 2.40. The molecule has 3 nitrogen and oxygen atoms in total. The molecule has 7 heteroatoms. The highest BCUT2D eigenvalue weighted by molar-refractivity contribution is 9.10. The molecule has 0 saturated carbocycles. The predicted octanol–water partition coefficient (Wildman–Crippen LogP) is 4.39. The van der Waals surface area contributed by atoms with Crippen molar-refractivity contribution in [3.05, 3.63) is 45.3 Å². The zero-order valence-corrected chi connectivity index (χ0v) is 13.4. The van der Waals surface area contributed by atoms with Gasteiger partial charge in [0.25, 0.3) is 6.43 Å². The highest BCUT2D eigenvalue weighted by Gasteiger charge is 2.09. The number of halogens is 3. The molecule has 0 saturated heterocycles. The van der Waals surface area contributed by atoms with Crippen LogP contribution < -0.4 is 0 Å². The quantitative estimate of drug-likeness (QED) is 0.601. The van der Waals surface area contributed by atoms with Gasteiger partial charge in [-0.05, 0) is 21.5 Å². The van der Waals surface area contributed by atoms with Crippen molar-refractivity contribution in [3.8, 4) is 11.3 Å². The summed E-state index contributed by atoms with van der Waals surface area (Å²) >= 11 is 8.63. The second-order valence-electron chi connectivity index (χ2n) is 4.26. The molecule has 0 fully saturated rings. The van der Waals surface area contributed by atoms with Crippen LogP contribution in [0, 0.1) is 4.64 Å². The number of aromatic nitrogens is 2. The van der Waals surface area contributed by atoms with Crippen molar-refractivity contribution in [1.82, 2.24) is 9.97 Å². The average Bonchev–Trinajstić information content (AvgIpc) is 2.47. The second-order valence-corrected chi connectivity index (χ2v) is 5.44. The number of hydrogen-bond donors (Lipinski definition) is 1. The maximum absolute atomic E-state index is 12.0. The molecule has 112 valence electrons. The summed E-state index contributed by atoms with van der Waals surface area (Å²) in [4.78, 5) is 7.39. The van der Waals surface area contributed by atoms with Gasteiger partial charge in [0.2, 0.25) is 0 Å². The lowest BCUT2D eigenvalue weighted by atomic mass is 10.1. The highest BCUT2D eigenvalue weighted by Crippen LogP contribution is 2.26. The average molecular weight is 375 g/mol. The Morgan fingerprint density at radius 1 is 1.29 bits per heavy atom. The van der Waals surface area contributed by atoms with Gasteiger partial charge in [-0.1, -0.05) is 42.5 Å². The zero-order valence-electron chi connectivity index (χ0n) is 11.0. The van der Waals surface area contributed by atoms with Crippen LogP contribution in [0.5, 0.6) is 0 Å². The number of alkyl halides is 2. The molecule has 1 heterocycles. The van der Waals surface area contributed by atoms with E-state index in [4.69, 9.17) is 17.0 Å². The van der Waals surface area contributed by atoms with E-state index in [0.29, 0.717) is 21.4 Å². The van der Waals surface area contributed by atoms with Gasteiger partial charge >= 0.3 is 0 Å². The Morgan fingerprint density at radius 3 is 2.67 bits per heavy atom. The Hall–Kier alpha value is -1.18. The lowest BCUT2D eigenvalue weighted by Crippen LogP contribution is -2.09. The summed E-state index contributed by atoms with van der Waals surface area (Å²) < 4.78 is 30.0. The van der Waals surface area contributed by atoms with Crippen LogP contribution in [0.25, 0.3) is 11.3 Å². The van der Waals surface area contributed by atoms with E-state index in [-0.39, 0.29) is 6.61 Å². The van der Waals surface area contributed by atoms with Crippen LogP contribution in [0.1, 0.15) is 5.82 Å². The second kappa shape index (κ2) is 7.72. The SMILES string of the molecule is FC(F)COCCc1nc(=S)c(Br)c(-c2ccccc2)[nH]1. The van der Waals surface area contributed by atoms with Crippen molar-refractivity contribution in [2.24, 2.45) is 0 Å². The minimum Gasteiger partial charge on any atom is -0.375 e. The molecule has 0 unspecified atom stereocenters. The van der Waals surface area contributed by atoms with E-state index in [1.165, 1.54) is 0 Å². The molecular weight excluding hydrogens is 362 g/mol. The zero-order chi connectivity index (χ0) is 15.2. The van der Waals surface area contributed by atoms with Crippen molar-refractivity contribution in [2.45, 2.75) is 12.8 Å². The van der Waals surface area contributed by atoms with Crippen LogP contribution >= 0.6 is 28.1 Å². The summed E-state index contributed by atoms with van der Waals surface area (Å²) in [5.74, 6) is 0.608. The fourth-order valence-electron chi connectivity index (χ4n) is 1.77. The van der Waals surface area contributed by atoms with E-state index < -0.39 is 13.0 Å². The lowest BCUT2D eigenvalue weighted by molar-refractivity contribution is 0.0183. The van der Waals surface area contributed by atoms with Crippen molar-refractivity contribution >= 4 is 28.1 Å². The molecule has 2 aromatic rings. The number of H-pyrrole nitrogens is 1. The van der Waals surface area contributed by atoms with Crippen LogP contribution in [0.4, 0.5) is 8.78 Å². The van der Waals surface area contributed by atoms with Gasteiger partial charge in [-0.25, -0.2) is 13.8 Å². The van der Waals surface area contributed by atoms with Gasteiger partial charge in [0.05, 0.1) is 16.8 Å². The largest absolute Gasteiger partial charge is 0.375 e. The number of nitrogens with zero attached hydrogens (tertiary/aromatic N) is 1. The Morgan fingerprint density at radius 2 is 2.00 bits per heavy atom. The first-order valence-electron chi connectivity index (χ1n) is 6.28. The highest BCUT2D eigenvalue weighted by atomic mass is 79.9. The van der Waals surface area contributed by atoms with E-state index in [1.807, 2.05) is 30.3 Å². The summed E-state index contributed by atoms with van der Waals surface area (Å²) in [7, 11) is 0. The number of nitrogens with one attached hydrogen (secondary N) is 1. The fraction of sp³-hybridized carbons (Fsp3) is 0.286. The maximum Gasteiger partial charge on any atom is 0.261 e. The number of aromatic amines is 1. The van der Waals surface area contributed by atoms with Gasteiger partial charge in [0.1, 0.15) is 17.1 Å². The number of ether oxygens (including phenoxy) is 1. The summed E-state index contributed by atoms with van der Waals surface area (Å²) in [5, 5.41) is 0. The van der Waals surface area contributed by atoms with Crippen LogP contribution in [-0.4, -0.2) is 29.6 Å². The topological polar surface area (TPSA) is 37.9 Å². The lowest BCUT2D eigenvalue weighted by Gasteiger charge is -2.09. The number of rotatable bonds is 6. The summed E-state index contributed by atoms with van der Waals surface area (Å²) in [6.45, 7) is -0.402. The molecule has 21 heavy (non-hydrogen) atoms. The van der Waals surface area contributed by atoms with Gasteiger partial charge < -0.3 is 9.72 Å². The van der Waals surface area contributed by atoms with Gasteiger partial charge in [-0.2, -0.15) is 0 Å². The van der Waals surface area contributed by atoms with Crippen molar-refractivity contribution < 1.29 is 13.5 Å². The molecule has 0 spiro atoms. The van der Waals surface area contributed by atoms with Gasteiger partial charge in [-0.3, -0.25) is 0 Å². The van der Waals surface area contributed by atoms with E-state index in [2.05, 4.69) is 25.9 Å². The Labute approximate surface area is 134 Å². The normalized spacial score (nSPS) is 11.0. The van der Waals surface area contributed by atoms with E-state index in [1.54, 1.807) is 0 Å². The molecule has 0 aliphatic rings. The maximum atomic E-state index is 12.0. The number of hydrogen-bond acceptors (Lipinski definition) is 3. The van der Waals surface area contributed by atoms with Gasteiger partial charge in [0.15, 0.2) is 0 Å². The molecule has 1 aromatic heterocycles. The van der Waals surface area contributed by atoms with Crippen LogP contribution in [0.2, 0.25) is 0 Å².